The van der Waals surface area contributed by atoms with Crippen molar-refractivity contribution in [3.8, 4) is 5.75 Å². The molecule has 108 valence electrons. The predicted molar refractivity (Wildman–Crippen MR) is 84.3 cm³/mol. The first-order valence-electron chi connectivity index (χ1n) is 6.72. The third kappa shape index (κ3) is 2.56. The molecule has 3 rings (SSSR count). The predicted octanol–water partition coefficient (Wildman–Crippen LogP) is 3.26. The normalized spacial score (nSPS) is 11.0. The Morgan fingerprint density at radius 1 is 1.24 bits per heavy atom. The van der Waals surface area contributed by atoms with Gasteiger partial charge in [-0.05, 0) is 31.9 Å². The molecule has 0 unspecified atom stereocenters. The van der Waals surface area contributed by atoms with E-state index in [1.807, 2.05) is 44.4 Å². The Morgan fingerprint density at radius 2 is 1.95 bits per heavy atom. The first kappa shape index (κ1) is 13.8. The second-order valence-corrected chi connectivity index (χ2v) is 5.93. The van der Waals surface area contributed by atoms with Crippen LogP contribution in [0.4, 0.5) is 0 Å². The summed E-state index contributed by atoms with van der Waals surface area (Å²) >= 11 is 1.47. The van der Waals surface area contributed by atoms with Gasteiger partial charge in [-0.3, -0.25) is 9.20 Å². The lowest BCUT2D eigenvalue weighted by molar-refractivity contribution is 0.297. The number of thiazole rings is 1. The molecule has 21 heavy (non-hydrogen) atoms. The second kappa shape index (κ2) is 5.33. The average molecular weight is 300 g/mol. The van der Waals surface area contributed by atoms with Crippen molar-refractivity contribution in [1.29, 1.82) is 0 Å². The van der Waals surface area contributed by atoms with Gasteiger partial charge in [-0.15, -0.1) is 11.3 Å². The summed E-state index contributed by atoms with van der Waals surface area (Å²) in [5.74, 6) is 0.863. The van der Waals surface area contributed by atoms with E-state index in [1.54, 1.807) is 10.5 Å². The molecule has 4 nitrogen and oxygen atoms in total. The number of hydrogen-bond donors (Lipinski definition) is 0. The van der Waals surface area contributed by atoms with Crippen LogP contribution in [0.25, 0.3) is 4.96 Å². The van der Waals surface area contributed by atoms with Crippen molar-refractivity contribution in [2.75, 3.05) is 0 Å². The van der Waals surface area contributed by atoms with Gasteiger partial charge in [0.15, 0.2) is 4.96 Å². The maximum absolute atomic E-state index is 12.1. The maximum Gasteiger partial charge on any atom is 0.259 e. The largest absolute Gasteiger partial charge is 0.487 e. The monoisotopic (exact) mass is 300 g/mol. The van der Waals surface area contributed by atoms with Gasteiger partial charge in [0, 0.05) is 17.1 Å². The van der Waals surface area contributed by atoms with Crippen molar-refractivity contribution in [2.45, 2.75) is 27.4 Å². The van der Waals surface area contributed by atoms with Crippen molar-refractivity contribution < 1.29 is 4.74 Å². The van der Waals surface area contributed by atoms with Crippen LogP contribution in [0.5, 0.6) is 5.75 Å². The highest BCUT2D eigenvalue weighted by Crippen LogP contribution is 2.23. The molecule has 0 aliphatic carbocycles. The number of aryl methyl sites for hydroxylation is 3. The van der Waals surface area contributed by atoms with Gasteiger partial charge in [0.05, 0.1) is 5.69 Å². The summed E-state index contributed by atoms with van der Waals surface area (Å²) in [5, 5.41) is 1.93. The molecule has 0 saturated carbocycles. The van der Waals surface area contributed by atoms with Crippen LogP contribution in [-0.2, 0) is 6.61 Å². The maximum atomic E-state index is 12.1. The molecule has 0 saturated heterocycles. The highest BCUT2D eigenvalue weighted by Gasteiger charge is 2.08. The molecule has 0 aliphatic heterocycles. The van der Waals surface area contributed by atoms with Crippen LogP contribution in [0.2, 0.25) is 0 Å². The lowest BCUT2D eigenvalue weighted by Gasteiger charge is -2.11. The standard InChI is InChI=1S/C16H16N2O2S/c1-10-5-4-6-11(2)15(10)20-8-13-7-14(19)18-12(3)9-21-16(18)17-13/h4-7,9H,8H2,1-3H3. The van der Waals surface area contributed by atoms with Crippen LogP contribution >= 0.6 is 11.3 Å². The number of para-hydroxylation sites is 1. The fourth-order valence-electron chi connectivity index (χ4n) is 2.35. The van der Waals surface area contributed by atoms with Crippen molar-refractivity contribution in [3.63, 3.8) is 0 Å². The van der Waals surface area contributed by atoms with E-state index in [4.69, 9.17) is 4.74 Å². The van der Waals surface area contributed by atoms with Crippen LogP contribution < -0.4 is 10.3 Å². The average Bonchev–Trinajstić information content (AvgIpc) is 2.80. The number of nitrogens with zero attached hydrogens (tertiary/aromatic N) is 2. The van der Waals surface area contributed by atoms with Crippen molar-refractivity contribution in [2.24, 2.45) is 0 Å². The number of hydrogen-bond acceptors (Lipinski definition) is 4. The molecule has 0 aliphatic rings. The van der Waals surface area contributed by atoms with Gasteiger partial charge in [0.1, 0.15) is 12.4 Å². The Balaban J connectivity index is 1.91. The van der Waals surface area contributed by atoms with Gasteiger partial charge in [-0.25, -0.2) is 4.98 Å². The Morgan fingerprint density at radius 3 is 2.67 bits per heavy atom. The lowest BCUT2D eigenvalue weighted by atomic mass is 10.1. The molecule has 2 heterocycles. The minimum atomic E-state index is -0.0566. The number of fused-ring (bicyclic) bond motifs is 1. The molecule has 0 atom stereocenters. The molecule has 3 aromatic rings. The summed E-state index contributed by atoms with van der Waals surface area (Å²) in [4.78, 5) is 17.3. The van der Waals surface area contributed by atoms with E-state index in [0.29, 0.717) is 17.3 Å². The molecule has 0 fully saturated rings. The third-order valence-electron chi connectivity index (χ3n) is 3.40. The molecule has 1 aromatic carbocycles. The highest BCUT2D eigenvalue weighted by molar-refractivity contribution is 7.15. The smallest absolute Gasteiger partial charge is 0.259 e. The van der Waals surface area contributed by atoms with Crippen LogP contribution in [0.15, 0.2) is 34.4 Å². The molecule has 0 bridgehead atoms. The third-order valence-corrected chi connectivity index (χ3v) is 4.35. The van der Waals surface area contributed by atoms with Crippen LogP contribution in [0.1, 0.15) is 22.5 Å². The van der Waals surface area contributed by atoms with Crippen molar-refractivity contribution >= 4 is 16.3 Å². The molecule has 2 aromatic heterocycles. The van der Waals surface area contributed by atoms with Crippen LogP contribution in [0, 0.1) is 20.8 Å². The summed E-state index contributed by atoms with van der Waals surface area (Å²) in [6.07, 6.45) is 0. The Labute approximate surface area is 126 Å². The van der Waals surface area contributed by atoms with E-state index >= 15 is 0 Å². The van der Waals surface area contributed by atoms with Crippen LogP contribution in [-0.4, -0.2) is 9.38 Å². The van der Waals surface area contributed by atoms with Gasteiger partial charge in [0.25, 0.3) is 5.56 Å². The number of benzene rings is 1. The van der Waals surface area contributed by atoms with Crippen molar-refractivity contribution in [1.82, 2.24) is 9.38 Å². The molecular weight excluding hydrogens is 284 g/mol. The number of rotatable bonds is 3. The van der Waals surface area contributed by atoms with E-state index in [1.165, 1.54) is 11.3 Å². The zero-order valence-electron chi connectivity index (χ0n) is 12.2. The summed E-state index contributed by atoms with van der Waals surface area (Å²) in [6, 6.07) is 7.57. The molecule has 0 amide bonds. The molecule has 5 heteroatoms. The molecule has 0 N–H and O–H groups in total. The van der Waals surface area contributed by atoms with E-state index in [-0.39, 0.29) is 5.56 Å². The molecule has 0 radical (unpaired) electrons. The minimum Gasteiger partial charge on any atom is -0.487 e. The molecular formula is C16H16N2O2S. The molecule has 0 spiro atoms. The van der Waals surface area contributed by atoms with E-state index < -0.39 is 0 Å². The second-order valence-electron chi connectivity index (χ2n) is 5.09. The lowest BCUT2D eigenvalue weighted by Crippen LogP contribution is -2.16. The number of ether oxygens (including phenoxy) is 1. The van der Waals surface area contributed by atoms with Gasteiger partial charge in [0.2, 0.25) is 0 Å². The van der Waals surface area contributed by atoms with Crippen LogP contribution in [0.3, 0.4) is 0 Å². The first-order chi connectivity index (χ1) is 10.1. The Bertz CT molecular complexity index is 844. The number of aromatic nitrogens is 2. The van der Waals surface area contributed by atoms with E-state index in [0.717, 1.165) is 22.6 Å². The summed E-state index contributed by atoms with van der Waals surface area (Å²) in [5.41, 5.74) is 3.68. The summed E-state index contributed by atoms with van der Waals surface area (Å²) in [6.45, 7) is 6.22. The van der Waals surface area contributed by atoms with E-state index in [9.17, 15) is 4.79 Å². The Kier molecular flexibility index (Phi) is 3.51. The van der Waals surface area contributed by atoms with Gasteiger partial charge in [-0.1, -0.05) is 18.2 Å². The Hall–Kier alpha value is -2.14. The SMILES string of the molecule is Cc1cccc(C)c1OCc1cc(=O)n2c(C)csc2n1. The first-order valence-corrected chi connectivity index (χ1v) is 7.60. The van der Waals surface area contributed by atoms with Crippen molar-refractivity contribution in [3.05, 3.63) is 62.5 Å². The topological polar surface area (TPSA) is 43.6 Å². The highest BCUT2D eigenvalue weighted by atomic mass is 32.1. The summed E-state index contributed by atoms with van der Waals surface area (Å²) < 4.78 is 7.48. The zero-order chi connectivity index (χ0) is 15.0. The van der Waals surface area contributed by atoms with E-state index in [2.05, 4.69) is 4.98 Å². The minimum absolute atomic E-state index is 0.0566. The quantitative estimate of drug-likeness (QED) is 0.745. The zero-order valence-corrected chi connectivity index (χ0v) is 13.0. The van der Waals surface area contributed by atoms with Gasteiger partial charge in [-0.2, -0.15) is 0 Å². The summed E-state index contributed by atoms with van der Waals surface area (Å²) in [7, 11) is 0. The van der Waals surface area contributed by atoms with Gasteiger partial charge < -0.3 is 4.74 Å². The fraction of sp³-hybridized carbons (Fsp3) is 0.250. The fourth-order valence-corrected chi connectivity index (χ4v) is 3.24. The van der Waals surface area contributed by atoms with Gasteiger partial charge >= 0.3 is 0 Å².